The molecule has 8 heteroatoms. The molecular formula is C30H22BrF7. The van der Waals surface area contributed by atoms with Crippen molar-refractivity contribution in [2.45, 2.75) is 37.4 Å². The average Bonchev–Trinajstić information content (AvgIpc) is 2.83. The van der Waals surface area contributed by atoms with E-state index in [0.717, 1.165) is 43.4 Å². The van der Waals surface area contributed by atoms with E-state index in [1.165, 1.54) is 17.7 Å². The van der Waals surface area contributed by atoms with Crippen LogP contribution in [0.2, 0.25) is 0 Å². The van der Waals surface area contributed by atoms with Crippen LogP contribution < -0.4 is 0 Å². The standard InChI is InChI=1S/C30H22BrF7/c1-2-3-4-5-17-6-8-18(9-7-17)19-10-11-22(23(32)12-19)20-13-24(33)28(25(34)14-20)21-15-26(35)29(27(36)16-21)30(31,37)38/h6-16H,2-5H2,1H3. The molecule has 0 radical (unpaired) electrons. The molecule has 0 atom stereocenters. The van der Waals surface area contributed by atoms with E-state index in [-0.39, 0.29) is 11.1 Å². The number of hydrogen-bond donors (Lipinski definition) is 0. The zero-order chi connectivity index (χ0) is 27.6. The van der Waals surface area contributed by atoms with Gasteiger partial charge >= 0.3 is 4.83 Å². The van der Waals surface area contributed by atoms with Gasteiger partial charge in [0.2, 0.25) is 0 Å². The average molecular weight is 595 g/mol. The summed E-state index contributed by atoms with van der Waals surface area (Å²) in [5.41, 5.74) is -0.692. The van der Waals surface area contributed by atoms with E-state index in [2.05, 4.69) is 6.92 Å². The Morgan fingerprint density at radius 3 is 1.66 bits per heavy atom. The second kappa shape index (κ2) is 11.3. The van der Waals surface area contributed by atoms with Crippen LogP contribution in [0.25, 0.3) is 33.4 Å². The molecule has 0 amide bonds. The van der Waals surface area contributed by atoms with Gasteiger partial charge in [0.05, 0.1) is 5.56 Å². The first kappa shape index (κ1) is 27.9. The van der Waals surface area contributed by atoms with Crippen LogP contribution >= 0.6 is 15.9 Å². The minimum absolute atomic E-state index is 0.0825. The van der Waals surface area contributed by atoms with Crippen molar-refractivity contribution < 1.29 is 30.7 Å². The highest BCUT2D eigenvalue weighted by Gasteiger charge is 2.35. The molecule has 0 aromatic heterocycles. The normalized spacial score (nSPS) is 11.7. The second-order valence-corrected chi connectivity index (χ2v) is 9.97. The Bertz CT molecular complexity index is 1410. The smallest absolute Gasteiger partial charge is 0.206 e. The van der Waals surface area contributed by atoms with Gasteiger partial charge < -0.3 is 0 Å². The molecular weight excluding hydrogens is 573 g/mol. The molecule has 0 unspecified atom stereocenters. The molecule has 198 valence electrons. The van der Waals surface area contributed by atoms with Crippen molar-refractivity contribution in [2.24, 2.45) is 0 Å². The summed E-state index contributed by atoms with van der Waals surface area (Å²) in [6.45, 7) is 2.13. The lowest BCUT2D eigenvalue weighted by molar-refractivity contribution is 0.105. The van der Waals surface area contributed by atoms with E-state index in [4.69, 9.17) is 0 Å². The Hall–Kier alpha value is -3.13. The van der Waals surface area contributed by atoms with Gasteiger partial charge in [0.25, 0.3) is 0 Å². The van der Waals surface area contributed by atoms with Crippen molar-refractivity contribution in [2.75, 3.05) is 0 Å². The summed E-state index contributed by atoms with van der Waals surface area (Å²) in [7, 11) is 0. The van der Waals surface area contributed by atoms with Crippen LogP contribution in [-0.4, -0.2) is 0 Å². The van der Waals surface area contributed by atoms with E-state index in [1.807, 2.05) is 40.2 Å². The third kappa shape index (κ3) is 5.96. The van der Waals surface area contributed by atoms with Crippen LogP contribution in [0.3, 0.4) is 0 Å². The zero-order valence-corrected chi connectivity index (χ0v) is 21.8. The van der Waals surface area contributed by atoms with E-state index < -0.39 is 50.6 Å². The molecule has 0 N–H and O–H groups in total. The molecule has 4 aromatic carbocycles. The van der Waals surface area contributed by atoms with Gasteiger partial charge in [-0.3, -0.25) is 0 Å². The van der Waals surface area contributed by atoms with Crippen LogP contribution in [0.5, 0.6) is 0 Å². The minimum Gasteiger partial charge on any atom is -0.206 e. The maximum absolute atomic E-state index is 15.0. The number of benzene rings is 4. The molecule has 0 nitrogen and oxygen atoms in total. The van der Waals surface area contributed by atoms with Gasteiger partial charge in [-0.25, -0.2) is 22.0 Å². The highest BCUT2D eigenvalue weighted by molar-refractivity contribution is 9.09. The summed E-state index contributed by atoms with van der Waals surface area (Å²) in [6, 6.07) is 14.5. The highest BCUT2D eigenvalue weighted by atomic mass is 79.9. The molecule has 4 aromatic rings. The van der Waals surface area contributed by atoms with E-state index in [0.29, 0.717) is 17.7 Å². The van der Waals surface area contributed by atoms with Crippen LogP contribution in [0.4, 0.5) is 30.7 Å². The summed E-state index contributed by atoms with van der Waals surface area (Å²) in [5, 5.41) is 0. The Morgan fingerprint density at radius 1 is 0.605 bits per heavy atom. The molecule has 38 heavy (non-hydrogen) atoms. The molecule has 0 aliphatic heterocycles. The first-order valence-electron chi connectivity index (χ1n) is 11.9. The molecule has 0 spiro atoms. The van der Waals surface area contributed by atoms with Gasteiger partial charge in [-0.2, -0.15) is 8.78 Å². The molecule has 0 saturated heterocycles. The second-order valence-electron chi connectivity index (χ2n) is 8.98. The monoisotopic (exact) mass is 594 g/mol. The predicted molar refractivity (Wildman–Crippen MR) is 139 cm³/mol. The van der Waals surface area contributed by atoms with E-state index in [9.17, 15) is 26.3 Å². The Balaban J connectivity index is 1.64. The summed E-state index contributed by atoms with van der Waals surface area (Å²) in [4.78, 5) is -4.01. The number of aryl methyl sites for hydroxylation is 1. The van der Waals surface area contributed by atoms with Crippen molar-refractivity contribution in [3.63, 3.8) is 0 Å². The molecule has 0 fully saturated rings. The fourth-order valence-corrected chi connectivity index (χ4v) is 4.74. The third-order valence-electron chi connectivity index (χ3n) is 6.29. The molecule has 0 saturated carbocycles. The van der Waals surface area contributed by atoms with Crippen LogP contribution in [-0.2, 0) is 11.3 Å². The molecule has 0 aliphatic rings. The van der Waals surface area contributed by atoms with Crippen molar-refractivity contribution in [1.82, 2.24) is 0 Å². The maximum atomic E-state index is 15.0. The maximum Gasteiger partial charge on any atom is 0.332 e. The van der Waals surface area contributed by atoms with Crippen molar-refractivity contribution in [3.8, 4) is 33.4 Å². The van der Waals surface area contributed by atoms with Gasteiger partial charge in [-0.05, 0) is 86.9 Å². The lowest BCUT2D eigenvalue weighted by Gasteiger charge is -2.14. The number of unbranched alkanes of at least 4 members (excludes halogenated alkanes) is 2. The first-order chi connectivity index (χ1) is 18.0. The topological polar surface area (TPSA) is 0 Å². The van der Waals surface area contributed by atoms with Gasteiger partial charge in [0.1, 0.15) is 34.6 Å². The van der Waals surface area contributed by atoms with Crippen molar-refractivity contribution >= 4 is 15.9 Å². The van der Waals surface area contributed by atoms with Gasteiger partial charge in [-0.15, -0.1) is 0 Å². The lowest BCUT2D eigenvalue weighted by Crippen LogP contribution is -2.10. The predicted octanol–water partition coefficient (Wildman–Crippen LogP) is 10.6. The summed E-state index contributed by atoms with van der Waals surface area (Å²) >= 11 is 1.88. The molecule has 4 rings (SSSR count). The van der Waals surface area contributed by atoms with E-state index in [1.54, 1.807) is 6.07 Å². The van der Waals surface area contributed by atoms with Gasteiger partial charge in [-0.1, -0.05) is 56.2 Å². The zero-order valence-electron chi connectivity index (χ0n) is 20.2. The van der Waals surface area contributed by atoms with Crippen LogP contribution in [0, 0.1) is 29.1 Å². The number of halogens is 8. The summed E-state index contributed by atoms with van der Waals surface area (Å²) in [5.74, 6) is -6.55. The number of rotatable bonds is 8. The Labute approximate surface area is 224 Å². The van der Waals surface area contributed by atoms with Gasteiger partial charge in [0.15, 0.2) is 0 Å². The summed E-state index contributed by atoms with van der Waals surface area (Å²) < 4.78 is 100. The molecule has 0 aliphatic carbocycles. The molecule has 0 heterocycles. The van der Waals surface area contributed by atoms with Crippen LogP contribution in [0.15, 0.2) is 66.7 Å². The Morgan fingerprint density at radius 2 is 1.13 bits per heavy atom. The first-order valence-corrected chi connectivity index (χ1v) is 12.7. The fraction of sp³-hybridized carbons (Fsp3) is 0.200. The van der Waals surface area contributed by atoms with Crippen molar-refractivity contribution in [3.05, 3.63) is 107 Å². The fourth-order valence-electron chi connectivity index (χ4n) is 4.36. The van der Waals surface area contributed by atoms with Gasteiger partial charge in [0, 0.05) is 5.56 Å². The number of hydrogen-bond acceptors (Lipinski definition) is 0. The Kier molecular flexibility index (Phi) is 8.31. The lowest BCUT2D eigenvalue weighted by atomic mass is 9.95. The quantitative estimate of drug-likeness (QED) is 0.108. The van der Waals surface area contributed by atoms with Crippen molar-refractivity contribution in [1.29, 1.82) is 0 Å². The minimum atomic E-state index is -4.01. The molecule has 0 bridgehead atoms. The van der Waals surface area contributed by atoms with E-state index >= 15 is 4.39 Å². The summed E-state index contributed by atoms with van der Waals surface area (Å²) in [6.07, 6.45) is 4.32. The highest BCUT2D eigenvalue weighted by Crippen LogP contribution is 2.41. The SMILES string of the molecule is CCCCCc1ccc(-c2ccc(-c3cc(F)c(-c4cc(F)c(C(F)(F)Br)c(F)c4)c(F)c3)c(F)c2)cc1. The van der Waals surface area contributed by atoms with Crippen LogP contribution in [0.1, 0.15) is 37.3 Å². The largest absolute Gasteiger partial charge is 0.332 e. The number of alkyl halides is 3. The third-order valence-corrected chi connectivity index (χ3v) is 6.69.